The van der Waals surface area contributed by atoms with E-state index in [-0.39, 0.29) is 41.6 Å². The third-order valence-electron chi connectivity index (χ3n) is 6.08. The molecule has 1 spiro atoms. The minimum atomic E-state index is -1.05. The standard InChI is InChI=1S/C19H22F2N2O4/c1-26-9-17(24)23-8-13-12(16-4-5-19(13,10-23)27-16)7-22-18(25)11-2-3-14(20)15(21)6-11/h2-3,6,12-13,16H,4-5,7-10H2,1H3,(H,22,25)/t12-,13+,16+,19+/m0/s1. The number of halogens is 2. The Morgan fingerprint density at radius 1 is 1.37 bits per heavy atom. The first-order valence-electron chi connectivity index (χ1n) is 9.11. The van der Waals surface area contributed by atoms with Crippen molar-refractivity contribution >= 4 is 11.8 Å². The molecule has 8 heteroatoms. The summed E-state index contributed by atoms with van der Waals surface area (Å²) in [6.45, 7) is 1.57. The van der Waals surface area contributed by atoms with Crippen molar-refractivity contribution in [2.75, 3.05) is 33.4 Å². The van der Waals surface area contributed by atoms with E-state index in [1.54, 1.807) is 4.90 Å². The van der Waals surface area contributed by atoms with Crippen LogP contribution in [0.2, 0.25) is 0 Å². The van der Waals surface area contributed by atoms with Gasteiger partial charge in [-0.05, 0) is 31.0 Å². The van der Waals surface area contributed by atoms with Crippen LogP contribution in [0.1, 0.15) is 23.2 Å². The molecule has 1 aromatic carbocycles. The molecule has 0 saturated carbocycles. The van der Waals surface area contributed by atoms with Gasteiger partial charge < -0.3 is 19.7 Å². The smallest absolute Gasteiger partial charge is 0.251 e. The number of carbonyl (C=O) groups excluding carboxylic acids is 2. The molecule has 1 N–H and O–H groups in total. The summed E-state index contributed by atoms with van der Waals surface area (Å²) in [5.41, 5.74) is -0.248. The van der Waals surface area contributed by atoms with Gasteiger partial charge in [0, 0.05) is 37.6 Å². The lowest BCUT2D eigenvalue weighted by Gasteiger charge is -2.29. The van der Waals surface area contributed by atoms with Crippen LogP contribution in [-0.4, -0.2) is 61.8 Å². The van der Waals surface area contributed by atoms with Crippen molar-refractivity contribution in [1.29, 1.82) is 0 Å². The van der Waals surface area contributed by atoms with Crippen LogP contribution in [0.15, 0.2) is 18.2 Å². The van der Waals surface area contributed by atoms with E-state index in [1.807, 2.05) is 0 Å². The zero-order valence-corrected chi connectivity index (χ0v) is 15.0. The predicted molar refractivity (Wildman–Crippen MR) is 91.0 cm³/mol. The average molecular weight is 380 g/mol. The fourth-order valence-electron chi connectivity index (χ4n) is 4.82. The maximum Gasteiger partial charge on any atom is 0.251 e. The van der Waals surface area contributed by atoms with Crippen molar-refractivity contribution in [2.24, 2.45) is 11.8 Å². The normalized spacial score (nSPS) is 31.2. The molecule has 4 rings (SSSR count). The van der Waals surface area contributed by atoms with Crippen molar-refractivity contribution in [2.45, 2.75) is 24.5 Å². The molecule has 3 fully saturated rings. The van der Waals surface area contributed by atoms with Crippen LogP contribution in [-0.2, 0) is 14.3 Å². The van der Waals surface area contributed by atoms with Crippen LogP contribution in [0, 0.1) is 23.5 Å². The number of hydrogen-bond acceptors (Lipinski definition) is 4. The number of fused-ring (bicyclic) bond motifs is 1. The molecule has 0 radical (unpaired) electrons. The van der Waals surface area contributed by atoms with Gasteiger partial charge in [0.05, 0.1) is 18.2 Å². The van der Waals surface area contributed by atoms with E-state index in [4.69, 9.17) is 9.47 Å². The SMILES string of the molecule is COCC(=O)N1C[C@@H]2[C@H](CNC(=O)c3ccc(F)c(F)c3)[C@H]3CC[C@]2(C1)O3. The molecule has 2 bridgehead atoms. The average Bonchev–Trinajstić information content (AvgIpc) is 3.30. The van der Waals surface area contributed by atoms with Crippen molar-refractivity contribution < 1.29 is 27.8 Å². The first-order chi connectivity index (χ1) is 12.9. The topological polar surface area (TPSA) is 67.9 Å². The number of benzene rings is 1. The Balaban J connectivity index is 1.42. The lowest BCUT2D eigenvalue weighted by molar-refractivity contribution is -0.135. The van der Waals surface area contributed by atoms with Gasteiger partial charge >= 0.3 is 0 Å². The Labute approximate surface area is 155 Å². The molecular weight excluding hydrogens is 358 g/mol. The van der Waals surface area contributed by atoms with Gasteiger partial charge in [0.15, 0.2) is 11.6 Å². The Bertz CT molecular complexity index is 774. The van der Waals surface area contributed by atoms with Gasteiger partial charge in [0.1, 0.15) is 6.61 Å². The fraction of sp³-hybridized carbons (Fsp3) is 0.579. The maximum atomic E-state index is 13.3. The molecule has 0 unspecified atom stereocenters. The summed E-state index contributed by atoms with van der Waals surface area (Å²) in [6, 6.07) is 3.09. The third kappa shape index (κ3) is 3.10. The third-order valence-corrected chi connectivity index (χ3v) is 6.08. The van der Waals surface area contributed by atoms with E-state index < -0.39 is 17.5 Å². The van der Waals surface area contributed by atoms with Gasteiger partial charge in [-0.1, -0.05) is 0 Å². The molecule has 0 aliphatic carbocycles. The summed E-state index contributed by atoms with van der Waals surface area (Å²) in [6.07, 6.45) is 1.86. The number of carbonyl (C=O) groups is 2. The molecule has 3 saturated heterocycles. The number of methoxy groups -OCH3 is 1. The van der Waals surface area contributed by atoms with E-state index in [0.29, 0.717) is 19.6 Å². The van der Waals surface area contributed by atoms with Crippen LogP contribution in [0.3, 0.4) is 0 Å². The predicted octanol–water partition coefficient (Wildman–Crippen LogP) is 1.35. The van der Waals surface area contributed by atoms with Crippen molar-refractivity contribution in [3.63, 3.8) is 0 Å². The van der Waals surface area contributed by atoms with Crippen LogP contribution < -0.4 is 5.32 Å². The molecule has 4 atom stereocenters. The minimum absolute atomic E-state index is 0.0454. The van der Waals surface area contributed by atoms with Crippen LogP contribution in [0.4, 0.5) is 8.78 Å². The molecule has 27 heavy (non-hydrogen) atoms. The number of likely N-dealkylation sites (tertiary alicyclic amines) is 1. The molecule has 2 amide bonds. The number of hydrogen-bond donors (Lipinski definition) is 1. The molecule has 6 nitrogen and oxygen atoms in total. The lowest BCUT2D eigenvalue weighted by atomic mass is 9.73. The van der Waals surface area contributed by atoms with E-state index in [2.05, 4.69) is 5.32 Å². The number of amides is 2. The zero-order valence-electron chi connectivity index (χ0n) is 15.0. The second kappa shape index (κ2) is 6.83. The molecule has 3 aliphatic heterocycles. The summed E-state index contributed by atoms with van der Waals surface area (Å²) in [5, 5.41) is 2.81. The molecule has 3 heterocycles. The highest BCUT2D eigenvalue weighted by Gasteiger charge is 2.63. The Morgan fingerprint density at radius 2 is 2.19 bits per heavy atom. The van der Waals surface area contributed by atoms with E-state index in [9.17, 15) is 18.4 Å². The number of ether oxygens (including phenoxy) is 2. The van der Waals surface area contributed by atoms with Crippen LogP contribution in [0.25, 0.3) is 0 Å². The molecule has 146 valence electrons. The van der Waals surface area contributed by atoms with E-state index in [0.717, 1.165) is 25.0 Å². The van der Waals surface area contributed by atoms with Gasteiger partial charge in [-0.2, -0.15) is 0 Å². The maximum absolute atomic E-state index is 13.3. The second-order valence-electron chi connectivity index (χ2n) is 7.58. The molecular formula is C19H22F2N2O4. The van der Waals surface area contributed by atoms with Gasteiger partial charge in [-0.3, -0.25) is 9.59 Å². The highest BCUT2D eigenvalue weighted by Crippen LogP contribution is 2.54. The van der Waals surface area contributed by atoms with Gasteiger partial charge in [0.25, 0.3) is 5.91 Å². The van der Waals surface area contributed by atoms with E-state index in [1.165, 1.54) is 13.2 Å². The molecule has 3 aliphatic rings. The van der Waals surface area contributed by atoms with Gasteiger partial charge in [0.2, 0.25) is 5.91 Å². The quantitative estimate of drug-likeness (QED) is 0.837. The van der Waals surface area contributed by atoms with E-state index >= 15 is 0 Å². The second-order valence-corrected chi connectivity index (χ2v) is 7.58. The Hall–Kier alpha value is -2.06. The highest BCUT2D eigenvalue weighted by molar-refractivity contribution is 5.94. The summed E-state index contributed by atoms with van der Waals surface area (Å²) in [4.78, 5) is 26.2. The summed E-state index contributed by atoms with van der Waals surface area (Å²) in [5.74, 6) is -2.29. The first kappa shape index (κ1) is 18.3. The summed E-state index contributed by atoms with van der Waals surface area (Å²) >= 11 is 0. The summed E-state index contributed by atoms with van der Waals surface area (Å²) in [7, 11) is 1.49. The highest BCUT2D eigenvalue weighted by atomic mass is 19.2. The van der Waals surface area contributed by atoms with Gasteiger partial charge in [-0.15, -0.1) is 0 Å². The van der Waals surface area contributed by atoms with Gasteiger partial charge in [-0.25, -0.2) is 8.78 Å². The largest absolute Gasteiger partial charge is 0.375 e. The number of rotatable bonds is 5. The van der Waals surface area contributed by atoms with Crippen LogP contribution in [0.5, 0.6) is 0 Å². The monoisotopic (exact) mass is 380 g/mol. The number of nitrogens with one attached hydrogen (secondary N) is 1. The molecule has 0 aromatic heterocycles. The molecule has 1 aromatic rings. The fourth-order valence-corrected chi connectivity index (χ4v) is 4.82. The van der Waals surface area contributed by atoms with Crippen molar-refractivity contribution in [1.82, 2.24) is 10.2 Å². The Kier molecular flexibility index (Phi) is 4.63. The summed E-state index contributed by atoms with van der Waals surface area (Å²) < 4.78 is 37.5. The van der Waals surface area contributed by atoms with Crippen molar-refractivity contribution in [3.05, 3.63) is 35.4 Å². The lowest BCUT2D eigenvalue weighted by Crippen LogP contribution is -2.41. The first-order valence-corrected chi connectivity index (χ1v) is 9.11. The van der Waals surface area contributed by atoms with Crippen LogP contribution >= 0.6 is 0 Å². The Morgan fingerprint density at radius 3 is 2.93 bits per heavy atom. The number of nitrogens with zero attached hydrogens (tertiary/aromatic N) is 1. The minimum Gasteiger partial charge on any atom is -0.375 e. The van der Waals surface area contributed by atoms with Crippen molar-refractivity contribution in [3.8, 4) is 0 Å². The zero-order chi connectivity index (χ0) is 19.2.